The Bertz CT molecular complexity index is 1520. The summed E-state index contributed by atoms with van der Waals surface area (Å²) in [4.78, 5) is 17.4. The van der Waals surface area contributed by atoms with Crippen molar-refractivity contribution in [1.82, 2.24) is 14.7 Å². The average molecular weight is 551 g/mol. The Kier molecular flexibility index (Phi) is 7.42. The normalized spacial score (nSPS) is 13.8. The largest absolute Gasteiger partial charge is 0.497 e. The SMILES string of the molecule is COc1ccc(-c2cc(C(=O)N3CCN(c4cccc(C(F)(F)F)c4)CC3)n(-c3cccc(C)c3)n2)c(OC)c1. The molecule has 0 unspecified atom stereocenters. The maximum absolute atomic E-state index is 13.9. The van der Waals surface area contributed by atoms with Crippen LogP contribution in [0.2, 0.25) is 0 Å². The molecular weight excluding hydrogens is 521 g/mol. The molecule has 4 aromatic rings. The molecule has 10 heteroatoms. The van der Waals surface area contributed by atoms with E-state index >= 15 is 0 Å². The summed E-state index contributed by atoms with van der Waals surface area (Å²) in [5.41, 5.74) is 3.21. The Balaban J connectivity index is 1.44. The summed E-state index contributed by atoms with van der Waals surface area (Å²) in [5, 5.41) is 4.80. The standard InChI is InChI=1S/C30H29F3N4O3/c1-20-6-4-9-23(16-20)37-27(19-26(34-37)25-11-10-24(39-2)18-28(25)40-3)29(38)36-14-12-35(13-15-36)22-8-5-7-21(17-22)30(31,32)33/h4-11,16-19H,12-15H2,1-3H3. The van der Waals surface area contributed by atoms with E-state index < -0.39 is 11.7 Å². The highest BCUT2D eigenvalue weighted by Crippen LogP contribution is 2.34. The summed E-state index contributed by atoms with van der Waals surface area (Å²) in [6, 6.07) is 20.1. The highest BCUT2D eigenvalue weighted by molar-refractivity contribution is 5.95. The number of hydrogen-bond donors (Lipinski definition) is 0. The number of amides is 1. The molecular formula is C30H29F3N4O3. The van der Waals surface area contributed by atoms with Gasteiger partial charge in [0.2, 0.25) is 0 Å². The van der Waals surface area contributed by atoms with Crippen molar-refractivity contribution in [2.24, 2.45) is 0 Å². The molecule has 7 nitrogen and oxygen atoms in total. The summed E-state index contributed by atoms with van der Waals surface area (Å²) in [6.07, 6.45) is -4.41. The number of carbonyl (C=O) groups is 1. The summed E-state index contributed by atoms with van der Waals surface area (Å²) < 4.78 is 52.2. The van der Waals surface area contributed by atoms with Crippen molar-refractivity contribution in [3.63, 3.8) is 0 Å². The number of nitrogens with zero attached hydrogens (tertiary/aromatic N) is 4. The van der Waals surface area contributed by atoms with Crippen LogP contribution in [0, 0.1) is 6.92 Å². The van der Waals surface area contributed by atoms with Gasteiger partial charge < -0.3 is 19.3 Å². The van der Waals surface area contributed by atoms with Crippen LogP contribution in [0.25, 0.3) is 16.9 Å². The predicted octanol–water partition coefficient (Wildman–Crippen LogP) is 5.85. The Labute approximate surface area is 230 Å². The molecule has 40 heavy (non-hydrogen) atoms. The van der Waals surface area contributed by atoms with E-state index in [-0.39, 0.29) is 5.91 Å². The lowest BCUT2D eigenvalue weighted by Crippen LogP contribution is -2.49. The molecule has 1 fully saturated rings. The van der Waals surface area contributed by atoms with Crippen molar-refractivity contribution >= 4 is 11.6 Å². The minimum atomic E-state index is -4.41. The van der Waals surface area contributed by atoms with Crippen molar-refractivity contribution in [1.29, 1.82) is 0 Å². The smallest absolute Gasteiger partial charge is 0.416 e. The molecule has 1 aromatic heterocycles. The molecule has 0 radical (unpaired) electrons. The van der Waals surface area contributed by atoms with Crippen LogP contribution in [0.5, 0.6) is 11.5 Å². The van der Waals surface area contributed by atoms with Crippen LogP contribution in [0.3, 0.4) is 0 Å². The average Bonchev–Trinajstić information content (AvgIpc) is 3.41. The predicted molar refractivity (Wildman–Crippen MR) is 146 cm³/mol. The molecule has 1 saturated heterocycles. The van der Waals surface area contributed by atoms with Crippen LogP contribution in [0.1, 0.15) is 21.6 Å². The fourth-order valence-corrected chi connectivity index (χ4v) is 4.84. The van der Waals surface area contributed by atoms with Gasteiger partial charge in [-0.2, -0.15) is 18.3 Å². The number of aryl methyl sites for hydroxylation is 1. The maximum atomic E-state index is 13.9. The van der Waals surface area contributed by atoms with Crippen molar-refractivity contribution in [2.75, 3.05) is 45.3 Å². The Morgan fingerprint density at radius 3 is 2.25 bits per heavy atom. The second-order valence-electron chi connectivity index (χ2n) is 9.56. The number of alkyl halides is 3. The van der Waals surface area contributed by atoms with Crippen LogP contribution in [-0.4, -0.2) is 61.0 Å². The highest BCUT2D eigenvalue weighted by atomic mass is 19.4. The summed E-state index contributed by atoms with van der Waals surface area (Å²) in [6.45, 7) is 3.50. The third-order valence-corrected chi connectivity index (χ3v) is 6.96. The molecule has 1 aliphatic heterocycles. The van der Waals surface area contributed by atoms with Gasteiger partial charge in [0.25, 0.3) is 5.91 Å². The van der Waals surface area contributed by atoms with Gasteiger partial charge >= 0.3 is 6.18 Å². The van der Waals surface area contributed by atoms with Gasteiger partial charge in [0, 0.05) is 43.5 Å². The Hall–Kier alpha value is -4.47. The third-order valence-electron chi connectivity index (χ3n) is 6.96. The van der Waals surface area contributed by atoms with Gasteiger partial charge in [-0.05, 0) is 61.0 Å². The number of carbonyl (C=O) groups excluding carboxylic acids is 1. The highest BCUT2D eigenvalue weighted by Gasteiger charge is 2.32. The quantitative estimate of drug-likeness (QED) is 0.302. The van der Waals surface area contributed by atoms with Crippen LogP contribution in [0.4, 0.5) is 18.9 Å². The number of aromatic nitrogens is 2. The first-order valence-electron chi connectivity index (χ1n) is 12.8. The number of benzene rings is 3. The van der Waals surface area contributed by atoms with Gasteiger partial charge in [0.1, 0.15) is 17.2 Å². The van der Waals surface area contributed by atoms with E-state index in [1.807, 2.05) is 42.2 Å². The number of anilines is 1. The van der Waals surface area contributed by atoms with Crippen LogP contribution in [-0.2, 0) is 6.18 Å². The summed E-state index contributed by atoms with van der Waals surface area (Å²) >= 11 is 0. The zero-order valence-corrected chi connectivity index (χ0v) is 22.4. The number of hydrogen-bond acceptors (Lipinski definition) is 5. The van der Waals surface area contributed by atoms with Crippen molar-refractivity contribution in [2.45, 2.75) is 13.1 Å². The van der Waals surface area contributed by atoms with Crippen LogP contribution in [0.15, 0.2) is 72.8 Å². The number of piperazine rings is 1. The first-order chi connectivity index (χ1) is 19.2. The van der Waals surface area contributed by atoms with E-state index in [1.165, 1.54) is 6.07 Å². The fraction of sp³-hybridized carbons (Fsp3) is 0.267. The zero-order chi connectivity index (χ0) is 28.4. The van der Waals surface area contributed by atoms with E-state index in [0.717, 1.165) is 23.4 Å². The lowest BCUT2D eigenvalue weighted by Gasteiger charge is -2.36. The molecule has 1 aliphatic rings. The summed E-state index contributed by atoms with van der Waals surface area (Å²) in [7, 11) is 3.14. The minimum absolute atomic E-state index is 0.212. The topological polar surface area (TPSA) is 59.8 Å². The molecule has 2 heterocycles. The molecule has 0 bridgehead atoms. The first kappa shape index (κ1) is 27.1. The van der Waals surface area contributed by atoms with E-state index in [0.29, 0.717) is 60.3 Å². The zero-order valence-electron chi connectivity index (χ0n) is 22.4. The van der Waals surface area contributed by atoms with Crippen LogP contribution < -0.4 is 14.4 Å². The maximum Gasteiger partial charge on any atom is 0.416 e. The second kappa shape index (κ2) is 11.0. The third kappa shape index (κ3) is 5.47. The van der Waals surface area contributed by atoms with Crippen molar-refractivity contribution in [3.05, 3.63) is 89.6 Å². The number of rotatable bonds is 6. The molecule has 1 amide bonds. The molecule has 0 atom stereocenters. The Morgan fingerprint density at radius 1 is 0.850 bits per heavy atom. The molecule has 0 saturated carbocycles. The van der Waals surface area contributed by atoms with Crippen molar-refractivity contribution in [3.8, 4) is 28.4 Å². The number of methoxy groups -OCH3 is 2. The fourth-order valence-electron chi connectivity index (χ4n) is 4.84. The summed E-state index contributed by atoms with van der Waals surface area (Å²) in [5.74, 6) is 0.979. The Morgan fingerprint density at radius 2 is 1.57 bits per heavy atom. The van der Waals surface area contributed by atoms with E-state index in [2.05, 4.69) is 0 Å². The van der Waals surface area contributed by atoms with Crippen LogP contribution >= 0.6 is 0 Å². The van der Waals surface area contributed by atoms with Crippen molar-refractivity contribution < 1.29 is 27.4 Å². The van der Waals surface area contributed by atoms with E-state index in [1.54, 1.807) is 48.1 Å². The minimum Gasteiger partial charge on any atom is -0.497 e. The van der Waals surface area contributed by atoms with Gasteiger partial charge in [-0.1, -0.05) is 18.2 Å². The molecule has 0 N–H and O–H groups in total. The number of halogens is 3. The van der Waals surface area contributed by atoms with Gasteiger partial charge in [-0.3, -0.25) is 4.79 Å². The molecule has 3 aromatic carbocycles. The van der Waals surface area contributed by atoms with E-state index in [9.17, 15) is 18.0 Å². The van der Waals surface area contributed by atoms with E-state index in [4.69, 9.17) is 14.6 Å². The lowest BCUT2D eigenvalue weighted by atomic mass is 10.1. The van der Waals surface area contributed by atoms with Gasteiger partial charge in [-0.25, -0.2) is 4.68 Å². The molecule has 5 rings (SSSR count). The lowest BCUT2D eigenvalue weighted by molar-refractivity contribution is -0.137. The molecule has 208 valence electrons. The van der Waals surface area contributed by atoms with Gasteiger partial charge in [0.05, 0.1) is 31.2 Å². The van der Waals surface area contributed by atoms with Gasteiger partial charge in [0.15, 0.2) is 0 Å². The van der Waals surface area contributed by atoms with Gasteiger partial charge in [-0.15, -0.1) is 0 Å². The first-order valence-corrected chi connectivity index (χ1v) is 12.8. The second-order valence-corrected chi connectivity index (χ2v) is 9.56. The molecule has 0 aliphatic carbocycles. The number of ether oxygens (including phenoxy) is 2. The monoisotopic (exact) mass is 550 g/mol. The molecule has 0 spiro atoms.